The Hall–Kier alpha value is -0.720. The van der Waals surface area contributed by atoms with Crippen molar-refractivity contribution in [3.05, 3.63) is 24.0 Å². The standard InChI is InChI=1S/C14H19N/c1-2-13(15-3-1)14-11-5-9-4-10(7-11)8-12(14)6-9/h1-3,9-12,14-15H,4-8H2. The first kappa shape index (κ1) is 8.43. The van der Waals surface area contributed by atoms with Gasteiger partial charge in [-0.25, -0.2) is 0 Å². The molecular formula is C14H19N. The lowest BCUT2D eigenvalue weighted by Crippen LogP contribution is -2.43. The molecule has 0 radical (unpaired) electrons. The molecule has 1 heteroatoms. The number of rotatable bonds is 1. The number of H-pyrrole nitrogens is 1. The van der Waals surface area contributed by atoms with Gasteiger partial charge < -0.3 is 4.98 Å². The Morgan fingerprint density at radius 1 is 0.933 bits per heavy atom. The zero-order valence-corrected chi connectivity index (χ0v) is 9.15. The summed E-state index contributed by atoms with van der Waals surface area (Å²) in [6.07, 6.45) is 9.76. The minimum Gasteiger partial charge on any atom is -0.365 e. The number of aromatic nitrogens is 1. The van der Waals surface area contributed by atoms with E-state index in [4.69, 9.17) is 0 Å². The zero-order chi connectivity index (χ0) is 9.83. The van der Waals surface area contributed by atoms with Crippen LogP contribution in [0.3, 0.4) is 0 Å². The van der Waals surface area contributed by atoms with Crippen LogP contribution < -0.4 is 0 Å². The molecule has 1 aromatic heterocycles. The van der Waals surface area contributed by atoms with Gasteiger partial charge >= 0.3 is 0 Å². The highest BCUT2D eigenvalue weighted by molar-refractivity contribution is 5.17. The van der Waals surface area contributed by atoms with Gasteiger partial charge in [0.2, 0.25) is 0 Å². The molecule has 15 heavy (non-hydrogen) atoms. The van der Waals surface area contributed by atoms with Crippen molar-refractivity contribution >= 4 is 0 Å². The summed E-state index contributed by atoms with van der Waals surface area (Å²) in [5, 5.41) is 0. The van der Waals surface area contributed by atoms with Gasteiger partial charge in [-0.1, -0.05) is 0 Å². The molecule has 1 nitrogen and oxygen atoms in total. The average molecular weight is 201 g/mol. The normalized spacial score (nSPS) is 47.3. The molecule has 1 aromatic rings. The zero-order valence-electron chi connectivity index (χ0n) is 9.15. The van der Waals surface area contributed by atoms with Crippen molar-refractivity contribution in [3.63, 3.8) is 0 Å². The van der Waals surface area contributed by atoms with Crippen LogP contribution in [0.25, 0.3) is 0 Å². The molecule has 4 bridgehead atoms. The summed E-state index contributed by atoms with van der Waals surface area (Å²) in [5.41, 5.74) is 1.53. The van der Waals surface area contributed by atoms with Gasteiger partial charge in [-0.05, 0) is 67.9 Å². The summed E-state index contributed by atoms with van der Waals surface area (Å²) in [6, 6.07) is 4.48. The molecule has 5 rings (SSSR count). The third-order valence-electron chi connectivity index (χ3n) is 5.21. The molecule has 0 spiro atoms. The van der Waals surface area contributed by atoms with Crippen molar-refractivity contribution in [2.45, 2.75) is 38.0 Å². The minimum absolute atomic E-state index is 0.882. The summed E-state index contributed by atoms with van der Waals surface area (Å²) >= 11 is 0. The first-order valence-electron chi connectivity index (χ1n) is 6.53. The number of aromatic amines is 1. The molecule has 80 valence electrons. The van der Waals surface area contributed by atoms with E-state index in [1.165, 1.54) is 31.4 Å². The number of hydrogen-bond donors (Lipinski definition) is 1. The van der Waals surface area contributed by atoms with Crippen molar-refractivity contribution in [2.24, 2.45) is 23.7 Å². The maximum atomic E-state index is 3.47. The van der Waals surface area contributed by atoms with Crippen LogP contribution in [0.2, 0.25) is 0 Å². The summed E-state index contributed by atoms with van der Waals surface area (Å²) in [6.45, 7) is 0. The molecule has 4 aliphatic carbocycles. The molecule has 0 aromatic carbocycles. The molecule has 4 saturated carbocycles. The smallest absolute Gasteiger partial charge is 0.0184 e. The average Bonchev–Trinajstić information content (AvgIpc) is 2.69. The fraction of sp³-hybridized carbons (Fsp3) is 0.714. The Balaban J connectivity index is 1.71. The van der Waals surface area contributed by atoms with E-state index in [0.29, 0.717) is 0 Å². The van der Waals surface area contributed by atoms with Crippen LogP contribution in [0.4, 0.5) is 0 Å². The van der Waals surface area contributed by atoms with Crippen LogP contribution in [-0.2, 0) is 0 Å². The molecule has 4 fully saturated rings. The summed E-state index contributed by atoms with van der Waals surface area (Å²) < 4.78 is 0. The number of hydrogen-bond acceptors (Lipinski definition) is 0. The maximum Gasteiger partial charge on any atom is 0.0184 e. The second kappa shape index (κ2) is 2.90. The van der Waals surface area contributed by atoms with E-state index >= 15 is 0 Å². The highest BCUT2D eigenvalue weighted by Gasteiger charge is 2.48. The molecule has 0 unspecified atom stereocenters. The van der Waals surface area contributed by atoms with Crippen LogP contribution in [0, 0.1) is 23.7 Å². The third-order valence-corrected chi connectivity index (χ3v) is 5.21. The Morgan fingerprint density at radius 3 is 2.13 bits per heavy atom. The van der Waals surface area contributed by atoms with Gasteiger partial charge in [-0.3, -0.25) is 0 Å². The highest BCUT2D eigenvalue weighted by atomic mass is 14.7. The van der Waals surface area contributed by atoms with Gasteiger partial charge in [-0.15, -0.1) is 0 Å². The second-order valence-corrected chi connectivity index (χ2v) is 6.08. The molecule has 1 N–H and O–H groups in total. The lowest BCUT2D eigenvalue weighted by molar-refractivity contribution is -0.00399. The summed E-state index contributed by atoms with van der Waals surface area (Å²) in [7, 11) is 0. The van der Waals surface area contributed by atoms with Crippen molar-refractivity contribution in [1.82, 2.24) is 4.98 Å². The van der Waals surface area contributed by atoms with Gasteiger partial charge in [0.15, 0.2) is 0 Å². The van der Waals surface area contributed by atoms with Gasteiger partial charge in [0, 0.05) is 17.8 Å². The van der Waals surface area contributed by atoms with Gasteiger partial charge in [0.25, 0.3) is 0 Å². The predicted octanol–water partition coefficient (Wildman–Crippen LogP) is 3.55. The fourth-order valence-electron chi connectivity index (χ4n) is 4.98. The summed E-state index contributed by atoms with van der Waals surface area (Å²) in [5.74, 6) is 5.10. The summed E-state index contributed by atoms with van der Waals surface area (Å²) in [4.78, 5) is 3.47. The molecule has 0 aliphatic heterocycles. The van der Waals surface area contributed by atoms with Crippen LogP contribution in [0.5, 0.6) is 0 Å². The van der Waals surface area contributed by atoms with Gasteiger partial charge in [0.1, 0.15) is 0 Å². The molecule has 0 amide bonds. The van der Waals surface area contributed by atoms with E-state index in [2.05, 4.69) is 23.3 Å². The second-order valence-electron chi connectivity index (χ2n) is 6.08. The molecular weight excluding hydrogens is 182 g/mol. The molecule has 1 heterocycles. The van der Waals surface area contributed by atoms with Crippen molar-refractivity contribution in [3.8, 4) is 0 Å². The van der Waals surface area contributed by atoms with Crippen molar-refractivity contribution in [1.29, 1.82) is 0 Å². The van der Waals surface area contributed by atoms with E-state index in [1.54, 1.807) is 6.42 Å². The van der Waals surface area contributed by atoms with Crippen LogP contribution in [0.1, 0.15) is 43.7 Å². The quantitative estimate of drug-likeness (QED) is 0.715. The van der Waals surface area contributed by atoms with E-state index in [0.717, 1.165) is 29.6 Å². The Bertz CT molecular complexity index is 323. The first-order chi connectivity index (χ1) is 7.40. The Morgan fingerprint density at radius 2 is 1.60 bits per heavy atom. The number of nitrogens with one attached hydrogen (secondary N) is 1. The maximum absolute atomic E-state index is 3.47. The largest absolute Gasteiger partial charge is 0.365 e. The van der Waals surface area contributed by atoms with Crippen LogP contribution in [0.15, 0.2) is 18.3 Å². The Kier molecular flexibility index (Phi) is 1.63. The third kappa shape index (κ3) is 1.15. The Labute approximate surface area is 91.3 Å². The molecule has 0 atom stereocenters. The predicted molar refractivity (Wildman–Crippen MR) is 60.6 cm³/mol. The van der Waals surface area contributed by atoms with Crippen molar-refractivity contribution < 1.29 is 0 Å². The topological polar surface area (TPSA) is 15.8 Å². The van der Waals surface area contributed by atoms with E-state index in [1.807, 2.05) is 0 Å². The lowest BCUT2D eigenvalue weighted by Gasteiger charge is -2.54. The molecule has 0 saturated heterocycles. The van der Waals surface area contributed by atoms with Crippen LogP contribution >= 0.6 is 0 Å². The monoisotopic (exact) mass is 201 g/mol. The van der Waals surface area contributed by atoms with E-state index < -0.39 is 0 Å². The SMILES string of the molecule is c1c[nH]c(C2C3CC4CC(C3)CC2C4)c1. The first-order valence-corrected chi connectivity index (χ1v) is 6.53. The van der Waals surface area contributed by atoms with Crippen LogP contribution in [-0.4, -0.2) is 4.98 Å². The lowest BCUT2D eigenvalue weighted by atomic mass is 9.51. The van der Waals surface area contributed by atoms with E-state index in [9.17, 15) is 0 Å². The van der Waals surface area contributed by atoms with Gasteiger partial charge in [-0.2, -0.15) is 0 Å². The molecule has 4 aliphatic rings. The van der Waals surface area contributed by atoms with E-state index in [-0.39, 0.29) is 0 Å². The van der Waals surface area contributed by atoms with Crippen molar-refractivity contribution in [2.75, 3.05) is 0 Å². The minimum atomic E-state index is 0.882. The van der Waals surface area contributed by atoms with Gasteiger partial charge in [0.05, 0.1) is 0 Å². The fourth-order valence-corrected chi connectivity index (χ4v) is 4.98. The highest BCUT2D eigenvalue weighted by Crippen LogP contribution is 2.59.